The Balaban J connectivity index is 2.40. The van der Waals surface area contributed by atoms with Crippen molar-refractivity contribution < 1.29 is 18.7 Å². The first-order valence-electron chi connectivity index (χ1n) is 10.4. The van der Waals surface area contributed by atoms with Gasteiger partial charge in [0, 0.05) is 0 Å². The Kier molecular flexibility index (Phi) is 12.6. The van der Waals surface area contributed by atoms with Gasteiger partial charge in [0.15, 0.2) is 0 Å². The summed E-state index contributed by atoms with van der Waals surface area (Å²) in [5.74, 6) is 0. The van der Waals surface area contributed by atoms with Gasteiger partial charge in [-0.3, -0.25) is 4.57 Å². The molecule has 0 heterocycles. The molecule has 27 heavy (non-hydrogen) atoms. The summed E-state index contributed by atoms with van der Waals surface area (Å²) in [6, 6.07) is 8.11. The average Bonchev–Trinajstić information content (AvgIpc) is 2.65. The fourth-order valence-corrected chi connectivity index (χ4v) is 4.70. The van der Waals surface area contributed by atoms with Crippen LogP contribution >= 0.6 is 7.60 Å². The highest BCUT2D eigenvalue weighted by Gasteiger charge is 2.22. The van der Waals surface area contributed by atoms with Crippen molar-refractivity contribution in [3.05, 3.63) is 41.5 Å². The molecule has 0 fully saturated rings. The molecule has 0 aliphatic heterocycles. The quantitative estimate of drug-likeness (QED) is 0.263. The zero-order valence-electron chi connectivity index (χ0n) is 17.2. The Bertz CT molecular complexity index is 575. The van der Waals surface area contributed by atoms with Crippen molar-refractivity contribution in [2.75, 3.05) is 19.4 Å². The van der Waals surface area contributed by atoms with Crippen LogP contribution in [-0.2, 0) is 13.6 Å². The van der Waals surface area contributed by atoms with E-state index in [1.165, 1.54) is 6.42 Å². The number of hydrogen-bond acceptors (Lipinski definition) is 4. The molecule has 0 saturated heterocycles. The number of allylic oxidation sites excluding steroid dienone is 1. The molecule has 0 amide bonds. The van der Waals surface area contributed by atoms with Gasteiger partial charge in [-0.2, -0.15) is 0 Å². The van der Waals surface area contributed by atoms with Crippen molar-refractivity contribution in [1.82, 2.24) is 0 Å². The van der Waals surface area contributed by atoms with Crippen molar-refractivity contribution in [2.45, 2.75) is 71.8 Å². The van der Waals surface area contributed by atoms with Gasteiger partial charge in [-0.25, -0.2) is 0 Å². The fraction of sp³-hybridized carbons (Fsp3) is 0.636. The highest BCUT2D eigenvalue weighted by molar-refractivity contribution is 7.53. The third kappa shape index (κ3) is 10.3. The third-order valence-electron chi connectivity index (χ3n) is 4.39. The van der Waals surface area contributed by atoms with Gasteiger partial charge in [0.25, 0.3) is 0 Å². The Morgan fingerprint density at radius 1 is 1.07 bits per heavy atom. The lowest BCUT2D eigenvalue weighted by atomic mass is 10.0. The molecule has 0 aromatic heterocycles. The van der Waals surface area contributed by atoms with Crippen LogP contribution in [0.25, 0.3) is 6.08 Å². The molecule has 1 atom stereocenters. The van der Waals surface area contributed by atoms with E-state index in [2.05, 4.69) is 31.2 Å². The Hall–Kier alpha value is -0.930. The van der Waals surface area contributed by atoms with Crippen LogP contribution in [0, 0.1) is 0 Å². The topological polar surface area (TPSA) is 55.8 Å². The molecule has 1 aromatic carbocycles. The summed E-state index contributed by atoms with van der Waals surface area (Å²) in [5.41, 5.74) is 2.10. The minimum absolute atomic E-state index is 0.379. The minimum Gasteiger partial charge on any atom is -0.388 e. The summed E-state index contributed by atoms with van der Waals surface area (Å²) in [4.78, 5) is 0. The number of aliphatic hydroxyl groups is 1. The Labute approximate surface area is 165 Å². The van der Waals surface area contributed by atoms with E-state index in [4.69, 9.17) is 9.05 Å². The normalized spacial score (nSPS) is 13.3. The number of benzene rings is 1. The van der Waals surface area contributed by atoms with Gasteiger partial charge in [0.2, 0.25) is 0 Å². The first kappa shape index (κ1) is 24.1. The maximum absolute atomic E-state index is 12.4. The summed E-state index contributed by atoms with van der Waals surface area (Å²) >= 11 is 0. The second-order valence-electron chi connectivity index (χ2n) is 6.75. The van der Waals surface area contributed by atoms with Crippen molar-refractivity contribution in [3.63, 3.8) is 0 Å². The largest absolute Gasteiger partial charge is 0.388 e. The second kappa shape index (κ2) is 14.1. The molecule has 0 aliphatic rings. The lowest BCUT2D eigenvalue weighted by Crippen LogP contribution is -2.00. The number of aliphatic hydroxyl groups excluding tert-OH is 1. The fourth-order valence-electron chi connectivity index (χ4n) is 2.97. The smallest absolute Gasteiger partial charge is 0.330 e. The van der Waals surface area contributed by atoms with E-state index in [0.717, 1.165) is 49.7 Å². The molecular weight excluding hydrogens is 359 g/mol. The van der Waals surface area contributed by atoms with Gasteiger partial charge in [-0.05, 0) is 56.7 Å². The zero-order chi connectivity index (χ0) is 20.0. The van der Waals surface area contributed by atoms with Crippen molar-refractivity contribution in [1.29, 1.82) is 0 Å². The summed E-state index contributed by atoms with van der Waals surface area (Å²) in [6.07, 6.45) is 11.2. The van der Waals surface area contributed by atoms with E-state index in [-0.39, 0.29) is 6.10 Å². The lowest BCUT2D eigenvalue weighted by Gasteiger charge is -2.16. The molecule has 4 nitrogen and oxygen atoms in total. The molecule has 1 unspecified atom stereocenters. The summed E-state index contributed by atoms with van der Waals surface area (Å²) < 4.78 is 23.0. The highest BCUT2D eigenvalue weighted by Crippen LogP contribution is 2.48. The van der Waals surface area contributed by atoms with Gasteiger partial charge in [0.1, 0.15) is 0 Å². The minimum atomic E-state index is -2.91. The summed E-state index contributed by atoms with van der Waals surface area (Å²) in [5, 5.41) is 10.3. The predicted molar refractivity (Wildman–Crippen MR) is 114 cm³/mol. The molecule has 0 saturated carbocycles. The summed E-state index contributed by atoms with van der Waals surface area (Å²) in [7, 11) is -2.91. The molecule has 0 spiro atoms. The van der Waals surface area contributed by atoms with Crippen LogP contribution in [0.15, 0.2) is 30.3 Å². The van der Waals surface area contributed by atoms with Crippen molar-refractivity contribution >= 4 is 13.7 Å². The molecular formula is C22H37O4P. The molecule has 0 bridgehead atoms. The first-order chi connectivity index (χ1) is 13.0. The number of unbranched alkanes of at least 4 members (excludes halogenated alkanes) is 4. The van der Waals surface area contributed by atoms with Crippen LogP contribution in [-0.4, -0.2) is 24.5 Å². The summed E-state index contributed by atoms with van der Waals surface area (Å²) in [6.45, 7) is 6.67. The van der Waals surface area contributed by atoms with Gasteiger partial charge in [-0.1, -0.05) is 56.5 Å². The zero-order valence-corrected chi connectivity index (χ0v) is 18.1. The van der Waals surface area contributed by atoms with E-state index in [9.17, 15) is 9.67 Å². The molecule has 1 rings (SSSR count). The molecule has 1 aromatic rings. The average molecular weight is 397 g/mol. The van der Waals surface area contributed by atoms with Gasteiger partial charge >= 0.3 is 7.60 Å². The first-order valence-corrected chi connectivity index (χ1v) is 12.1. The highest BCUT2D eigenvalue weighted by atomic mass is 31.2. The number of hydrogen-bond donors (Lipinski definition) is 1. The standard InChI is InChI=1S/C22H37O4P/c1-4-7-10-17-22(23)21-16-13-15-20(19-21)14-11-8-9-12-18-27(24,25-5-2)26-6-3/h11,13-16,19,22-23H,4-10,12,17-18H2,1-3H3. The second-order valence-corrected chi connectivity index (χ2v) is 8.94. The molecule has 1 N–H and O–H groups in total. The predicted octanol–water partition coefficient (Wildman–Crippen LogP) is 6.75. The number of rotatable bonds is 15. The van der Waals surface area contributed by atoms with E-state index in [0.29, 0.717) is 19.4 Å². The maximum atomic E-state index is 12.4. The van der Waals surface area contributed by atoms with E-state index in [1.54, 1.807) is 0 Å². The molecule has 154 valence electrons. The van der Waals surface area contributed by atoms with E-state index < -0.39 is 7.60 Å². The molecule has 5 heteroatoms. The van der Waals surface area contributed by atoms with E-state index >= 15 is 0 Å². The monoisotopic (exact) mass is 396 g/mol. The van der Waals surface area contributed by atoms with Gasteiger partial charge in [-0.15, -0.1) is 0 Å². The Morgan fingerprint density at radius 2 is 1.81 bits per heavy atom. The van der Waals surface area contributed by atoms with Crippen LogP contribution in [0.3, 0.4) is 0 Å². The van der Waals surface area contributed by atoms with Crippen molar-refractivity contribution in [3.8, 4) is 0 Å². The molecule has 0 aliphatic carbocycles. The van der Waals surface area contributed by atoms with Crippen LogP contribution < -0.4 is 0 Å². The third-order valence-corrected chi connectivity index (χ3v) is 6.56. The van der Waals surface area contributed by atoms with Crippen LogP contribution in [0.5, 0.6) is 0 Å². The maximum Gasteiger partial charge on any atom is 0.330 e. The van der Waals surface area contributed by atoms with Crippen molar-refractivity contribution in [2.24, 2.45) is 0 Å². The van der Waals surface area contributed by atoms with Crippen LogP contribution in [0.2, 0.25) is 0 Å². The van der Waals surface area contributed by atoms with Gasteiger partial charge < -0.3 is 14.2 Å². The Morgan fingerprint density at radius 3 is 2.48 bits per heavy atom. The SMILES string of the molecule is CCCCCC(O)c1cccc(C=CCCCCP(=O)(OCC)OCC)c1. The van der Waals surface area contributed by atoms with E-state index in [1.807, 2.05) is 26.0 Å². The van der Waals surface area contributed by atoms with Crippen LogP contribution in [0.4, 0.5) is 0 Å². The van der Waals surface area contributed by atoms with Crippen LogP contribution in [0.1, 0.15) is 82.9 Å². The lowest BCUT2D eigenvalue weighted by molar-refractivity contribution is 0.163. The molecule has 0 radical (unpaired) electrons. The van der Waals surface area contributed by atoms with Gasteiger partial charge in [0.05, 0.1) is 25.5 Å².